The quantitative estimate of drug-likeness (QED) is 0.467. The van der Waals surface area contributed by atoms with E-state index < -0.39 is 0 Å². The van der Waals surface area contributed by atoms with Gasteiger partial charge in [-0.15, -0.1) is 23.1 Å². The first kappa shape index (κ1) is 16.7. The predicted octanol–water partition coefficient (Wildman–Crippen LogP) is 5.27. The molecule has 0 aliphatic carbocycles. The van der Waals surface area contributed by atoms with Gasteiger partial charge >= 0.3 is 0 Å². The van der Waals surface area contributed by atoms with Crippen LogP contribution in [0.1, 0.15) is 20.8 Å². The minimum absolute atomic E-state index is 0.213. The van der Waals surface area contributed by atoms with E-state index in [1.807, 2.05) is 27.0 Å². The predicted molar refractivity (Wildman–Crippen MR) is 102 cm³/mol. The molecule has 0 N–H and O–H groups in total. The molecule has 0 saturated carbocycles. The fraction of sp³-hybridized carbons (Fsp3) is 0.353. The highest BCUT2D eigenvalue weighted by Gasteiger charge is 2.21. The van der Waals surface area contributed by atoms with Crippen LogP contribution in [0, 0.1) is 5.41 Å². The van der Waals surface area contributed by atoms with Gasteiger partial charge in [0.25, 0.3) is 0 Å². The number of thioether (sulfide) groups is 2. The molecule has 3 rings (SSSR count). The van der Waals surface area contributed by atoms with E-state index >= 15 is 0 Å². The number of benzene rings is 1. The monoisotopic (exact) mass is 362 g/mol. The molecule has 3 nitrogen and oxygen atoms in total. The largest absolute Gasteiger partial charge is 0.298 e. The third kappa shape index (κ3) is 3.39. The fourth-order valence-electron chi connectivity index (χ4n) is 2.15. The maximum atomic E-state index is 12.1. The van der Waals surface area contributed by atoms with Crippen molar-refractivity contribution >= 4 is 62.3 Å². The Balaban J connectivity index is 1.99. The van der Waals surface area contributed by atoms with Gasteiger partial charge in [-0.05, 0) is 17.0 Å². The summed E-state index contributed by atoms with van der Waals surface area (Å²) in [6.07, 6.45) is 3.94. The summed E-state index contributed by atoms with van der Waals surface area (Å²) in [5.41, 5.74) is 0.657. The second-order valence-corrected chi connectivity index (χ2v) is 9.21. The van der Waals surface area contributed by atoms with Crippen LogP contribution in [0.15, 0.2) is 33.1 Å². The maximum absolute atomic E-state index is 12.1. The molecular formula is C17H18N2OS3. The topological polar surface area (TPSA) is 42.9 Å². The van der Waals surface area contributed by atoms with Crippen LogP contribution in [0.3, 0.4) is 0 Å². The van der Waals surface area contributed by atoms with Gasteiger partial charge in [0.2, 0.25) is 0 Å². The lowest BCUT2D eigenvalue weighted by molar-refractivity contribution is -0.123. The Kier molecular flexibility index (Phi) is 4.67. The summed E-state index contributed by atoms with van der Waals surface area (Å²) < 4.78 is 1.27. The van der Waals surface area contributed by atoms with Gasteiger partial charge in [0, 0.05) is 22.4 Å². The van der Waals surface area contributed by atoms with E-state index in [1.165, 1.54) is 26.7 Å². The van der Waals surface area contributed by atoms with Crippen molar-refractivity contribution < 1.29 is 4.79 Å². The first-order valence-corrected chi connectivity index (χ1v) is 10.4. The lowest BCUT2D eigenvalue weighted by Gasteiger charge is -2.15. The zero-order chi connectivity index (χ0) is 16.6. The highest BCUT2D eigenvalue weighted by Crippen LogP contribution is 2.37. The van der Waals surface area contributed by atoms with E-state index in [0.717, 1.165) is 10.9 Å². The molecule has 0 aliphatic rings. The third-order valence-electron chi connectivity index (χ3n) is 3.61. The summed E-state index contributed by atoms with van der Waals surface area (Å²) >= 11 is 4.91. The van der Waals surface area contributed by atoms with Gasteiger partial charge < -0.3 is 0 Å². The number of hydrogen-bond donors (Lipinski definition) is 0. The highest BCUT2D eigenvalue weighted by atomic mass is 32.2. The number of Topliss-reactive ketones (excluding diaryl/α,β-unsaturated/α-hetero) is 1. The van der Waals surface area contributed by atoms with Crippen LogP contribution in [0.5, 0.6) is 0 Å². The average molecular weight is 363 g/mol. The van der Waals surface area contributed by atoms with Crippen LogP contribution in [-0.2, 0) is 4.79 Å². The zero-order valence-corrected chi connectivity index (χ0v) is 16.0. The fourth-order valence-corrected chi connectivity index (χ4v) is 4.84. The molecule has 0 aliphatic heterocycles. The summed E-state index contributed by atoms with van der Waals surface area (Å²) in [7, 11) is 0. The van der Waals surface area contributed by atoms with Gasteiger partial charge in [0.05, 0.1) is 15.5 Å². The van der Waals surface area contributed by atoms with Crippen molar-refractivity contribution in [2.24, 2.45) is 5.41 Å². The van der Waals surface area contributed by atoms with E-state index in [9.17, 15) is 4.79 Å². The van der Waals surface area contributed by atoms with Gasteiger partial charge in [-0.1, -0.05) is 44.7 Å². The van der Waals surface area contributed by atoms with Crippen LogP contribution in [0.25, 0.3) is 21.7 Å². The summed E-state index contributed by atoms with van der Waals surface area (Å²) in [6.45, 7) is 5.82. The molecule has 1 aromatic carbocycles. The van der Waals surface area contributed by atoms with Crippen molar-refractivity contribution in [2.75, 3.05) is 12.0 Å². The van der Waals surface area contributed by atoms with Crippen LogP contribution >= 0.6 is 34.9 Å². The van der Waals surface area contributed by atoms with Crippen LogP contribution in [-0.4, -0.2) is 27.8 Å². The van der Waals surface area contributed by atoms with Crippen molar-refractivity contribution in [1.82, 2.24) is 9.97 Å². The first-order valence-electron chi connectivity index (χ1n) is 7.27. The number of fused-ring (bicyclic) bond motifs is 3. The van der Waals surface area contributed by atoms with Crippen molar-refractivity contribution in [2.45, 2.75) is 30.1 Å². The normalized spacial score (nSPS) is 12.2. The minimum atomic E-state index is -0.323. The molecule has 2 heterocycles. The Hall–Kier alpha value is -1.11. The molecule has 0 spiro atoms. The second-order valence-electron chi connectivity index (χ2n) is 6.31. The van der Waals surface area contributed by atoms with E-state index in [-0.39, 0.29) is 11.2 Å². The molecule has 3 aromatic rings. The summed E-state index contributed by atoms with van der Waals surface area (Å²) in [5, 5.41) is 6.29. The summed E-state index contributed by atoms with van der Waals surface area (Å²) in [4.78, 5) is 21.2. The molecular weight excluding hydrogens is 344 g/mol. The zero-order valence-electron chi connectivity index (χ0n) is 13.5. The number of thiophene rings is 1. The van der Waals surface area contributed by atoms with Crippen molar-refractivity contribution in [3.63, 3.8) is 0 Å². The van der Waals surface area contributed by atoms with Gasteiger partial charge in [0.1, 0.15) is 5.78 Å². The van der Waals surface area contributed by atoms with Crippen LogP contribution in [0.2, 0.25) is 0 Å². The molecule has 23 heavy (non-hydrogen) atoms. The van der Waals surface area contributed by atoms with Crippen LogP contribution in [0.4, 0.5) is 0 Å². The Labute approximate surface area is 148 Å². The Morgan fingerprint density at radius 1 is 1.26 bits per heavy atom. The Morgan fingerprint density at radius 3 is 2.70 bits per heavy atom. The van der Waals surface area contributed by atoms with Gasteiger partial charge in [-0.25, -0.2) is 9.97 Å². The standard InChI is InChI=1S/C17H18N2OS3/c1-17(2,3)12(20)9-23-16-18-7-10-5-6-11-8-22-15(21-4)13(11)14(10)19-16/h5-8H,9H2,1-4H3. The Bertz CT molecular complexity index is 881. The third-order valence-corrected chi connectivity index (χ3v) is 6.63. The number of ketones is 1. The van der Waals surface area contributed by atoms with Crippen molar-refractivity contribution in [3.8, 4) is 0 Å². The molecule has 120 valence electrons. The van der Waals surface area contributed by atoms with Gasteiger partial charge in [-0.2, -0.15) is 0 Å². The highest BCUT2D eigenvalue weighted by molar-refractivity contribution is 8.00. The number of nitrogens with zero attached hydrogens (tertiary/aromatic N) is 2. The van der Waals surface area contributed by atoms with Gasteiger partial charge in [0.15, 0.2) is 5.16 Å². The van der Waals surface area contributed by atoms with E-state index in [0.29, 0.717) is 10.9 Å². The molecule has 0 fully saturated rings. The SMILES string of the molecule is CSc1scc2ccc3cnc(SCC(=O)C(C)(C)C)nc3c12. The van der Waals surface area contributed by atoms with E-state index in [1.54, 1.807) is 23.1 Å². The molecule has 0 amide bonds. The maximum Gasteiger partial charge on any atom is 0.188 e. The smallest absolute Gasteiger partial charge is 0.188 e. The average Bonchev–Trinajstić information content (AvgIpc) is 2.95. The second kappa shape index (κ2) is 6.42. The summed E-state index contributed by atoms with van der Waals surface area (Å²) in [5.74, 6) is 0.619. The van der Waals surface area contributed by atoms with E-state index in [2.05, 4.69) is 28.8 Å². The molecule has 0 radical (unpaired) electrons. The summed E-state index contributed by atoms with van der Waals surface area (Å²) in [6, 6.07) is 4.18. The lowest BCUT2D eigenvalue weighted by Crippen LogP contribution is -2.22. The van der Waals surface area contributed by atoms with Crippen LogP contribution < -0.4 is 0 Å². The minimum Gasteiger partial charge on any atom is -0.298 e. The molecule has 6 heteroatoms. The van der Waals surface area contributed by atoms with Crippen molar-refractivity contribution in [1.29, 1.82) is 0 Å². The van der Waals surface area contributed by atoms with Gasteiger partial charge in [-0.3, -0.25) is 4.79 Å². The molecule has 0 bridgehead atoms. The lowest BCUT2D eigenvalue weighted by atomic mass is 9.92. The number of carbonyl (C=O) groups excluding carboxylic acids is 1. The van der Waals surface area contributed by atoms with Crippen molar-refractivity contribution in [3.05, 3.63) is 23.7 Å². The first-order chi connectivity index (χ1) is 10.9. The number of aromatic nitrogens is 2. The number of hydrogen-bond acceptors (Lipinski definition) is 6. The number of carbonyl (C=O) groups is 1. The Morgan fingerprint density at radius 2 is 2.00 bits per heavy atom. The number of rotatable bonds is 4. The molecule has 0 unspecified atom stereocenters. The molecule has 2 aromatic heterocycles. The molecule has 0 saturated heterocycles. The van der Waals surface area contributed by atoms with E-state index in [4.69, 9.17) is 4.98 Å². The molecule has 0 atom stereocenters.